The van der Waals surface area contributed by atoms with Crippen molar-refractivity contribution in [3.8, 4) is 0 Å². The molecule has 0 bridgehead atoms. The predicted molar refractivity (Wildman–Crippen MR) is 41.0 cm³/mol. The lowest BCUT2D eigenvalue weighted by molar-refractivity contribution is 1.22. The van der Waals surface area contributed by atoms with Crippen molar-refractivity contribution in [3.63, 3.8) is 0 Å². The van der Waals surface area contributed by atoms with E-state index in [1.807, 2.05) is 13.8 Å². The van der Waals surface area contributed by atoms with E-state index in [0.29, 0.717) is 0 Å². The number of allylic oxidation sites excluding steroid dienone is 3. The second-order valence-corrected chi connectivity index (χ2v) is 1.39. The monoisotopic (exact) mass is 112 g/mol. The van der Waals surface area contributed by atoms with Crippen molar-refractivity contribution >= 4 is 0 Å². The fourth-order valence-electron chi connectivity index (χ4n) is 0.236. The van der Waals surface area contributed by atoms with Crippen LogP contribution in [0.5, 0.6) is 0 Å². The summed E-state index contributed by atoms with van der Waals surface area (Å²) in [6.45, 7) is 9.41. The maximum atomic E-state index is 3.36. The second kappa shape index (κ2) is 16.1. The number of hydrogen-bond donors (Lipinski definition) is 0. The van der Waals surface area contributed by atoms with Crippen molar-refractivity contribution in [2.45, 2.75) is 27.2 Å². The highest BCUT2D eigenvalue weighted by atomic mass is 13.6. The highest BCUT2D eigenvalue weighted by Crippen LogP contribution is 1.73. The van der Waals surface area contributed by atoms with Crippen LogP contribution in [0.15, 0.2) is 24.8 Å². The predicted octanol–water partition coefficient (Wildman–Crippen LogP) is 3.16. The molecule has 0 aliphatic carbocycles. The van der Waals surface area contributed by atoms with Crippen molar-refractivity contribution in [1.29, 1.82) is 0 Å². The summed E-state index contributed by atoms with van der Waals surface area (Å²) in [5.74, 6) is 0. The van der Waals surface area contributed by atoms with Gasteiger partial charge in [-0.05, 0) is 20.3 Å². The Balaban J connectivity index is 0. The molecule has 0 aromatic rings. The zero-order chi connectivity index (χ0) is 6.83. The van der Waals surface area contributed by atoms with E-state index in [9.17, 15) is 0 Å². The van der Waals surface area contributed by atoms with Gasteiger partial charge in [0.1, 0.15) is 0 Å². The van der Waals surface area contributed by atoms with Crippen LogP contribution in [0.2, 0.25) is 0 Å². The lowest BCUT2D eigenvalue weighted by Crippen LogP contribution is -1.43. The van der Waals surface area contributed by atoms with Crippen molar-refractivity contribution in [2.75, 3.05) is 0 Å². The van der Waals surface area contributed by atoms with Gasteiger partial charge in [-0.15, -0.1) is 6.58 Å². The Morgan fingerprint density at radius 3 is 1.75 bits per heavy atom. The third-order valence-electron chi connectivity index (χ3n) is 0.471. The van der Waals surface area contributed by atoms with Crippen LogP contribution in [0.3, 0.4) is 0 Å². The summed E-state index contributed by atoms with van der Waals surface area (Å²) in [4.78, 5) is 0. The summed E-state index contributed by atoms with van der Waals surface area (Å²) in [5, 5.41) is 0. The zero-order valence-corrected chi connectivity index (χ0v) is 6.15. The summed E-state index contributed by atoms with van der Waals surface area (Å²) in [6, 6.07) is 0. The maximum absolute atomic E-state index is 3.36. The third kappa shape index (κ3) is 50.2. The Bertz CT molecular complexity index is 51.1. The second-order valence-electron chi connectivity index (χ2n) is 1.39. The molecule has 0 saturated heterocycles. The van der Waals surface area contributed by atoms with E-state index >= 15 is 0 Å². The normalized spacial score (nSPS) is 7.88. The van der Waals surface area contributed by atoms with Crippen LogP contribution in [0, 0.1) is 0 Å². The van der Waals surface area contributed by atoms with Gasteiger partial charge in [-0.3, -0.25) is 0 Å². The lowest BCUT2D eigenvalue weighted by Gasteiger charge is -1.65. The molecule has 0 unspecified atom stereocenters. The van der Waals surface area contributed by atoms with Crippen LogP contribution in [0.4, 0.5) is 0 Å². The molecular formula is C8H16. The maximum Gasteiger partial charge on any atom is -0.0379 e. The van der Waals surface area contributed by atoms with Gasteiger partial charge >= 0.3 is 0 Å². The fraction of sp³-hybridized carbons (Fsp3) is 0.500. The SMILES string of the molecule is C=CC.CC=CCC. The molecule has 0 heteroatoms. The molecule has 0 aromatic heterocycles. The first kappa shape index (κ1) is 10.5. The molecule has 0 atom stereocenters. The Kier molecular flexibility index (Phi) is 21.0. The molecule has 0 nitrogen and oxygen atoms in total. The standard InChI is InChI=1S/C5H10.C3H6/c1-3-5-4-2;1-3-2/h3,5H,4H2,1-2H3;3H,1H2,2H3. The summed E-state index contributed by atoms with van der Waals surface area (Å²) < 4.78 is 0. The molecule has 0 radical (unpaired) electrons. The van der Waals surface area contributed by atoms with E-state index in [2.05, 4.69) is 25.7 Å². The molecule has 0 amide bonds. The summed E-state index contributed by atoms with van der Waals surface area (Å²) in [7, 11) is 0. The lowest BCUT2D eigenvalue weighted by atomic mass is 10.4. The van der Waals surface area contributed by atoms with E-state index in [4.69, 9.17) is 0 Å². The van der Waals surface area contributed by atoms with Gasteiger partial charge in [0.15, 0.2) is 0 Å². The molecular weight excluding hydrogens is 96.1 g/mol. The first-order chi connectivity index (χ1) is 3.83. The van der Waals surface area contributed by atoms with Crippen molar-refractivity contribution in [2.24, 2.45) is 0 Å². The van der Waals surface area contributed by atoms with E-state index in [1.54, 1.807) is 6.08 Å². The fourth-order valence-corrected chi connectivity index (χ4v) is 0.236. The topological polar surface area (TPSA) is 0 Å². The summed E-state index contributed by atoms with van der Waals surface area (Å²) in [5.41, 5.74) is 0. The smallest absolute Gasteiger partial charge is 0.0379 e. The highest BCUT2D eigenvalue weighted by Gasteiger charge is 1.52. The van der Waals surface area contributed by atoms with Crippen LogP contribution in [0.25, 0.3) is 0 Å². The molecule has 48 valence electrons. The molecule has 0 fully saturated rings. The Labute approximate surface area is 52.9 Å². The van der Waals surface area contributed by atoms with Crippen LogP contribution in [0.1, 0.15) is 27.2 Å². The highest BCUT2D eigenvalue weighted by molar-refractivity contribution is 4.73. The van der Waals surface area contributed by atoms with E-state index < -0.39 is 0 Å². The number of hydrogen-bond acceptors (Lipinski definition) is 0. The van der Waals surface area contributed by atoms with Gasteiger partial charge in [0.25, 0.3) is 0 Å². The first-order valence-electron chi connectivity index (χ1n) is 3.01. The molecule has 0 saturated carbocycles. The zero-order valence-electron chi connectivity index (χ0n) is 6.15. The molecule has 0 heterocycles. The minimum atomic E-state index is 1.16. The Morgan fingerprint density at radius 1 is 1.38 bits per heavy atom. The van der Waals surface area contributed by atoms with Gasteiger partial charge < -0.3 is 0 Å². The largest absolute Gasteiger partial charge is 0.103 e. The third-order valence-corrected chi connectivity index (χ3v) is 0.471. The molecule has 0 N–H and O–H groups in total. The summed E-state index contributed by atoms with van der Waals surface area (Å²) in [6.07, 6.45) is 7.09. The molecule has 0 spiro atoms. The minimum Gasteiger partial charge on any atom is -0.103 e. The van der Waals surface area contributed by atoms with Crippen molar-refractivity contribution in [1.82, 2.24) is 0 Å². The Morgan fingerprint density at radius 2 is 1.75 bits per heavy atom. The molecule has 0 rings (SSSR count). The van der Waals surface area contributed by atoms with E-state index in [-0.39, 0.29) is 0 Å². The van der Waals surface area contributed by atoms with Crippen LogP contribution >= 0.6 is 0 Å². The van der Waals surface area contributed by atoms with Crippen LogP contribution in [-0.2, 0) is 0 Å². The quantitative estimate of drug-likeness (QED) is 0.457. The van der Waals surface area contributed by atoms with Crippen molar-refractivity contribution in [3.05, 3.63) is 24.8 Å². The first-order valence-corrected chi connectivity index (χ1v) is 3.01. The molecule has 0 aromatic carbocycles. The Hall–Kier alpha value is -0.520. The average Bonchev–Trinajstić information content (AvgIpc) is 1.71. The van der Waals surface area contributed by atoms with Gasteiger partial charge in [-0.25, -0.2) is 0 Å². The van der Waals surface area contributed by atoms with Gasteiger partial charge in [0.2, 0.25) is 0 Å². The number of rotatable bonds is 1. The van der Waals surface area contributed by atoms with Gasteiger partial charge in [0.05, 0.1) is 0 Å². The molecule has 0 aliphatic heterocycles. The van der Waals surface area contributed by atoms with E-state index in [0.717, 1.165) is 6.42 Å². The van der Waals surface area contributed by atoms with Crippen molar-refractivity contribution < 1.29 is 0 Å². The van der Waals surface area contributed by atoms with Gasteiger partial charge in [-0.2, -0.15) is 0 Å². The van der Waals surface area contributed by atoms with Crippen LogP contribution < -0.4 is 0 Å². The minimum absolute atomic E-state index is 1.16. The van der Waals surface area contributed by atoms with Gasteiger partial charge in [-0.1, -0.05) is 25.2 Å². The molecule has 8 heavy (non-hydrogen) atoms. The summed E-state index contributed by atoms with van der Waals surface area (Å²) >= 11 is 0. The van der Waals surface area contributed by atoms with Gasteiger partial charge in [0, 0.05) is 0 Å². The van der Waals surface area contributed by atoms with Crippen LogP contribution in [-0.4, -0.2) is 0 Å². The van der Waals surface area contributed by atoms with E-state index in [1.165, 1.54) is 0 Å². The average molecular weight is 112 g/mol. The molecule has 0 aliphatic rings.